The number of para-hydroxylation sites is 1. The molecule has 0 fully saturated rings. The fourth-order valence-corrected chi connectivity index (χ4v) is 3.40. The van der Waals surface area contributed by atoms with Crippen LogP contribution in [-0.4, -0.2) is 18.9 Å². The Labute approximate surface area is 190 Å². The first kappa shape index (κ1) is 21.1. The van der Waals surface area contributed by atoms with E-state index in [1.54, 1.807) is 29.8 Å². The van der Waals surface area contributed by atoms with Gasteiger partial charge in [-0.25, -0.2) is 4.99 Å². The Kier molecular flexibility index (Phi) is 7.13. The molecule has 1 amide bonds. The highest BCUT2D eigenvalue weighted by atomic mass is 32.1. The molecule has 1 aromatic heterocycles. The van der Waals surface area contributed by atoms with Crippen LogP contribution in [-0.2, 0) is 4.79 Å². The van der Waals surface area contributed by atoms with Gasteiger partial charge in [0.15, 0.2) is 6.61 Å². The van der Waals surface area contributed by atoms with E-state index >= 15 is 0 Å². The monoisotopic (exact) mass is 442 g/mol. The molecule has 3 N–H and O–H groups in total. The molecular weight excluding hydrogens is 420 g/mol. The van der Waals surface area contributed by atoms with E-state index in [1.807, 2.05) is 84.2 Å². The highest BCUT2D eigenvalue weighted by molar-refractivity contribution is 7.13. The van der Waals surface area contributed by atoms with Crippen LogP contribution < -0.4 is 20.7 Å². The molecule has 0 aliphatic rings. The number of thiophene rings is 1. The van der Waals surface area contributed by atoms with Crippen LogP contribution in [0.4, 0.5) is 27.8 Å². The van der Waals surface area contributed by atoms with Crippen molar-refractivity contribution in [1.29, 1.82) is 0 Å². The summed E-state index contributed by atoms with van der Waals surface area (Å²) in [6.07, 6.45) is 1.65. The highest BCUT2D eigenvalue weighted by Gasteiger charge is 2.04. The number of carbonyl (C=O) groups excluding carboxylic acids is 1. The first-order chi connectivity index (χ1) is 15.7. The van der Waals surface area contributed by atoms with Crippen molar-refractivity contribution in [2.24, 2.45) is 4.99 Å². The molecule has 32 heavy (non-hydrogen) atoms. The maximum absolute atomic E-state index is 12.2. The van der Waals surface area contributed by atoms with E-state index in [0.717, 1.165) is 22.1 Å². The van der Waals surface area contributed by atoms with Gasteiger partial charge in [0.05, 0.1) is 6.34 Å². The first-order valence-electron chi connectivity index (χ1n) is 10.0. The molecule has 0 spiro atoms. The van der Waals surface area contributed by atoms with Gasteiger partial charge in [-0.3, -0.25) is 4.79 Å². The number of benzene rings is 3. The number of carbonyl (C=O) groups is 1. The van der Waals surface area contributed by atoms with E-state index in [-0.39, 0.29) is 12.5 Å². The van der Waals surface area contributed by atoms with Gasteiger partial charge in [-0.05, 0) is 78.2 Å². The van der Waals surface area contributed by atoms with Crippen molar-refractivity contribution in [3.63, 3.8) is 0 Å². The molecule has 7 heteroatoms. The van der Waals surface area contributed by atoms with Gasteiger partial charge < -0.3 is 20.7 Å². The van der Waals surface area contributed by atoms with E-state index in [4.69, 9.17) is 4.74 Å². The summed E-state index contributed by atoms with van der Waals surface area (Å²) in [7, 11) is 0. The van der Waals surface area contributed by atoms with Crippen LogP contribution in [0.25, 0.3) is 0 Å². The van der Waals surface area contributed by atoms with Gasteiger partial charge in [-0.2, -0.15) is 0 Å². The van der Waals surface area contributed by atoms with Crippen LogP contribution in [0, 0.1) is 0 Å². The van der Waals surface area contributed by atoms with Gasteiger partial charge in [0, 0.05) is 22.7 Å². The van der Waals surface area contributed by atoms with Crippen LogP contribution in [0.1, 0.15) is 0 Å². The number of nitrogens with zero attached hydrogens (tertiary/aromatic N) is 1. The van der Waals surface area contributed by atoms with Crippen LogP contribution in [0.2, 0.25) is 0 Å². The second-order valence-corrected chi connectivity index (χ2v) is 7.71. The van der Waals surface area contributed by atoms with Crippen molar-refractivity contribution in [3.05, 3.63) is 96.4 Å². The standard InChI is InChI=1S/C25H22N4O2S/c30-24(29-22-10-8-21(9-11-22)28-20-5-2-1-3-6-20)17-31-23-14-12-19(13-15-23)26-18-27-25-7-4-16-32-25/h1-16,18,28H,17H2,(H,26,27)(H,29,30). The fraction of sp³-hybridized carbons (Fsp3) is 0.0400. The lowest BCUT2D eigenvalue weighted by Crippen LogP contribution is -2.20. The van der Waals surface area contributed by atoms with E-state index < -0.39 is 0 Å². The summed E-state index contributed by atoms with van der Waals surface area (Å²) in [5.74, 6) is 0.391. The summed E-state index contributed by atoms with van der Waals surface area (Å²) in [6, 6.07) is 28.7. The summed E-state index contributed by atoms with van der Waals surface area (Å²) >= 11 is 1.57. The summed E-state index contributed by atoms with van der Waals surface area (Å²) in [6.45, 7) is -0.0728. The summed E-state index contributed by atoms with van der Waals surface area (Å²) in [4.78, 5) is 16.5. The minimum atomic E-state index is -0.223. The molecule has 0 saturated carbocycles. The largest absolute Gasteiger partial charge is 0.484 e. The Morgan fingerprint density at radius 2 is 1.50 bits per heavy atom. The molecule has 0 radical (unpaired) electrons. The molecule has 4 aromatic rings. The molecule has 160 valence electrons. The molecule has 0 aliphatic carbocycles. The maximum Gasteiger partial charge on any atom is 0.262 e. The number of hydrogen-bond acceptors (Lipinski definition) is 5. The van der Waals surface area contributed by atoms with Crippen molar-refractivity contribution in [2.75, 3.05) is 22.6 Å². The summed E-state index contributed by atoms with van der Waals surface area (Å²) < 4.78 is 5.58. The van der Waals surface area contributed by atoms with E-state index in [0.29, 0.717) is 11.4 Å². The van der Waals surface area contributed by atoms with E-state index in [9.17, 15) is 4.79 Å². The zero-order valence-corrected chi connectivity index (χ0v) is 18.0. The topological polar surface area (TPSA) is 74.8 Å². The van der Waals surface area contributed by atoms with Gasteiger partial charge in [0.2, 0.25) is 0 Å². The smallest absolute Gasteiger partial charge is 0.262 e. The zero-order chi connectivity index (χ0) is 22.0. The van der Waals surface area contributed by atoms with Gasteiger partial charge in [0.1, 0.15) is 10.8 Å². The number of nitrogens with one attached hydrogen (secondary N) is 3. The van der Waals surface area contributed by atoms with Gasteiger partial charge in [-0.15, -0.1) is 11.3 Å². The lowest BCUT2D eigenvalue weighted by molar-refractivity contribution is -0.118. The second kappa shape index (κ2) is 10.8. The summed E-state index contributed by atoms with van der Waals surface area (Å²) in [5, 5.41) is 12.2. The zero-order valence-electron chi connectivity index (χ0n) is 17.2. The minimum Gasteiger partial charge on any atom is -0.484 e. The van der Waals surface area contributed by atoms with Gasteiger partial charge in [-0.1, -0.05) is 18.2 Å². The number of rotatable bonds is 9. The minimum absolute atomic E-state index is 0.0728. The van der Waals surface area contributed by atoms with Gasteiger partial charge >= 0.3 is 0 Å². The van der Waals surface area contributed by atoms with Crippen molar-refractivity contribution in [2.45, 2.75) is 0 Å². The quantitative estimate of drug-likeness (QED) is 0.211. The van der Waals surface area contributed by atoms with Crippen LogP contribution in [0.5, 0.6) is 5.75 Å². The van der Waals surface area contributed by atoms with Crippen LogP contribution in [0.3, 0.4) is 0 Å². The number of anilines is 4. The maximum atomic E-state index is 12.2. The third kappa shape index (κ3) is 6.45. The molecule has 4 rings (SSSR count). The molecule has 0 atom stereocenters. The van der Waals surface area contributed by atoms with E-state index in [1.165, 1.54) is 0 Å². The number of amides is 1. The molecular formula is C25H22N4O2S. The molecule has 0 bridgehead atoms. The number of aliphatic imine (C=N–C) groups is 1. The Bertz CT molecular complexity index is 1140. The Morgan fingerprint density at radius 1 is 0.812 bits per heavy atom. The molecule has 6 nitrogen and oxygen atoms in total. The van der Waals surface area contributed by atoms with Crippen molar-refractivity contribution in [3.8, 4) is 5.75 Å². The average Bonchev–Trinajstić information content (AvgIpc) is 3.34. The number of ether oxygens (including phenoxy) is 1. The highest BCUT2D eigenvalue weighted by Crippen LogP contribution is 2.20. The lowest BCUT2D eigenvalue weighted by atomic mass is 10.2. The Balaban J connectivity index is 1.21. The molecule has 0 saturated heterocycles. The van der Waals surface area contributed by atoms with Gasteiger partial charge in [0.25, 0.3) is 5.91 Å². The predicted molar refractivity (Wildman–Crippen MR) is 133 cm³/mol. The fourth-order valence-electron chi connectivity index (χ4n) is 2.83. The van der Waals surface area contributed by atoms with Crippen molar-refractivity contribution < 1.29 is 9.53 Å². The predicted octanol–water partition coefficient (Wildman–Crippen LogP) is 6.28. The third-order valence-corrected chi connectivity index (χ3v) is 5.16. The Morgan fingerprint density at radius 3 is 2.22 bits per heavy atom. The molecule has 0 aliphatic heterocycles. The molecule has 0 unspecified atom stereocenters. The third-order valence-electron chi connectivity index (χ3n) is 4.38. The van der Waals surface area contributed by atoms with Crippen molar-refractivity contribution >= 4 is 51.3 Å². The Hall–Kier alpha value is -4.10. The SMILES string of the molecule is O=C(COc1ccc(N/C=N/c2cccs2)cc1)Nc1ccc(Nc2ccccc2)cc1. The van der Waals surface area contributed by atoms with Crippen LogP contribution in [0.15, 0.2) is 101 Å². The van der Waals surface area contributed by atoms with E-state index in [2.05, 4.69) is 20.9 Å². The normalized spacial score (nSPS) is 10.6. The average molecular weight is 443 g/mol. The first-order valence-corrected chi connectivity index (χ1v) is 10.9. The van der Waals surface area contributed by atoms with Crippen LogP contribution >= 0.6 is 11.3 Å². The lowest BCUT2D eigenvalue weighted by Gasteiger charge is -2.10. The molecule has 1 heterocycles. The summed E-state index contributed by atoms with van der Waals surface area (Å²) in [5.41, 5.74) is 3.54. The van der Waals surface area contributed by atoms with Crippen molar-refractivity contribution in [1.82, 2.24) is 0 Å². The number of hydrogen-bond donors (Lipinski definition) is 3. The second-order valence-electron chi connectivity index (χ2n) is 6.78. The molecule has 3 aromatic carbocycles.